The summed E-state index contributed by atoms with van der Waals surface area (Å²) < 4.78 is 5.26. The Labute approximate surface area is 190 Å². The highest BCUT2D eigenvalue weighted by atomic mass is 16.5. The summed E-state index contributed by atoms with van der Waals surface area (Å²) in [6, 6.07) is 12.4. The topological polar surface area (TPSA) is 70.1 Å². The number of nitrogens with zero attached hydrogens (tertiary/aromatic N) is 2. The highest BCUT2D eigenvalue weighted by molar-refractivity contribution is 6.46. The number of carbonyl (C=O) groups excluding carboxylic acids is 2. The van der Waals surface area contributed by atoms with Gasteiger partial charge in [0.2, 0.25) is 0 Å². The van der Waals surface area contributed by atoms with Crippen LogP contribution < -0.4 is 4.74 Å². The molecule has 0 bridgehead atoms. The predicted octanol–water partition coefficient (Wildman–Crippen LogP) is 4.08. The number of hydrogen-bond acceptors (Lipinski definition) is 5. The molecule has 0 saturated carbocycles. The largest absolute Gasteiger partial charge is 0.507 e. The zero-order valence-electron chi connectivity index (χ0n) is 19.5. The summed E-state index contributed by atoms with van der Waals surface area (Å²) in [4.78, 5) is 30.0. The molecule has 32 heavy (non-hydrogen) atoms. The number of ketones is 1. The first-order valence-electron chi connectivity index (χ1n) is 11.0. The number of amides is 1. The Balaban J connectivity index is 2.12. The van der Waals surface area contributed by atoms with Crippen molar-refractivity contribution in [2.24, 2.45) is 0 Å². The van der Waals surface area contributed by atoms with E-state index in [0.717, 1.165) is 29.8 Å². The lowest BCUT2D eigenvalue weighted by atomic mass is 9.93. The van der Waals surface area contributed by atoms with Gasteiger partial charge in [0.05, 0.1) is 18.7 Å². The molecule has 2 aromatic carbocycles. The summed E-state index contributed by atoms with van der Waals surface area (Å²) in [7, 11) is 1.58. The minimum Gasteiger partial charge on any atom is -0.507 e. The van der Waals surface area contributed by atoms with Crippen molar-refractivity contribution in [1.82, 2.24) is 9.80 Å². The fourth-order valence-corrected chi connectivity index (χ4v) is 4.17. The third-order valence-corrected chi connectivity index (χ3v) is 6.17. The minimum atomic E-state index is -0.650. The smallest absolute Gasteiger partial charge is 0.295 e. The number of methoxy groups -OCH3 is 1. The molecular weight excluding hydrogens is 404 g/mol. The maximum Gasteiger partial charge on any atom is 0.295 e. The number of ether oxygens (including phenoxy) is 1. The standard InChI is InChI=1S/C26H32N2O4/c1-6-27(7-2)14-15-28-23(19-10-8-17(3)9-11-19)22(25(30)26(28)31)24(29)21-13-12-20(32-5)16-18(21)4/h8-13,16,23,29H,6-7,14-15H2,1-5H3/t23-/m0/s1. The van der Waals surface area contributed by atoms with Gasteiger partial charge in [-0.3, -0.25) is 9.59 Å². The Hall–Kier alpha value is -3.12. The Morgan fingerprint density at radius 3 is 2.28 bits per heavy atom. The van der Waals surface area contributed by atoms with Gasteiger partial charge in [-0.25, -0.2) is 0 Å². The Kier molecular flexibility index (Phi) is 7.36. The van der Waals surface area contributed by atoms with Crippen LogP contribution in [0, 0.1) is 13.8 Å². The van der Waals surface area contributed by atoms with E-state index in [1.807, 2.05) is 38.1 Å². The van der Waals surface area contributed by atoms with E-state index in [0.29, 0.717) is 24.4 Å². The van der Waals surface area contributed by atoms with Crippen LogP contribution in [0.3, 0.4) is 0 Å². The van der Waals surface area contributed by atoms with Crippen molar-refractivity contribution >= 4 is 17.4 Å². The van der Waals surface area contributed by atoms with Crippen molar-refractivity contribution in [3.8, 4) is 5.75 Å². The van der Waals surface area contributed by atoms with Gasteiger partial charge in [-0.2, -0.15) is 0 Å². The van der Waals surface area contributed by atoms with E-state index in [-0.39, 0.29) is 11.3 Å². The monoisotopic (exact) mass is 436 g/mol. The number of carbonyl (C=O) groups is 2. The molecule has 1 saturated heterocycles. The lowest BCUT2D eigenvalue weighted by molar-refractivity contribution is -0.140. The molecule has 0 aliphatic carbocycles. The van der Waals surface area contributed by atoms with Gasteiger partial charge in [-0.15, -0.1) is 0 Å². The van der Waals surface area contributed by atoms with Crippen LogP contribution in [-0.2, 0) is 9.59 Å². The average Bonchev–Trinajstić information content (AvgIpc) is 3.04. The van der Waals surface area contributed by atoms with Gasteiger partial charge in [-0.1, -0.05) is 43.7 Å². The van der Waals surface area contributed by atoms with Crippen LogP contribution in [0.15, 0.2) is 48.0 Å². The van der Waals surface area contributed by atoms with Crippen molar-refractivity contribution < 1.29 is 19.4 Å². The normalized spacial score (nSPS) is 17.9. The first-order valence-corrected chi connectivity index (χ1v) is 11.0. The van der Waals surface area contributed by atoms with Gasteiger partial charge in [0.15, 0.2) is 0 Å². The molecule has 2 aromatic rings. The third kappa shape index (κ3) is 4.55. The summed E-state index contributed by atoms with van der Waals surface area (Å²) >= 11 is 0. The molecule has 1 N–H and O–H groups in total. The Morgan fingerprint density at radius 1 is 1.06 bits per heavy atom. The lowest BCUT2D eigenvalue weighted by Crippen LogP contribution is -2.38. The van der Waals surface area contributed by atoms with E-state index < -0.39 is 17.7 Å². The highest BCUT2D eigenvalue weighted by Crippen LogP contribution is 2.40. The van der Waals surface area contributed by atoms with Gasteiger partial charge in [0.25, 0.3) is 11.7 Å². The molecule has 170 valence electrons. The van der Waals surface area contributed by atoms with Crippen LogP contribution in [0.25, 0.3) is 5.76 Å². The molecule has 1 fully saturated rings. The van der Waals surface area contributed by atoms with Gasteiger partial charge in [-0.05, 0) is 56.3 Å². The number of likely N-dealkylation sites (N-methyl/N-ethyl adjacent to an activating group) is 1. The first kappa shape index (κ1) is 23.5. The van der Waals surface area contributed by atoms with Crippen molar-refractivity contribution in [3.05, 3.63) is 70.3 Å². The second-order valence-electron chi connectivity index (χ2n) is 8.11. The second kappa shape index (κ2) is 10.0. The maximum absolute atomic E-state index is 13.2. The van der Waals surface area contributed by atoms with Crippen LogP contribution in [0.4, 0.5) is 0 Å². The molecule has 6 nitrogen and oxygen atoms in total. The Morgan fingerprint density at radius 2 is 1.72 bits per heavy atom. The highest BCUT2D eigenvalue weighted by Gasteiger charge is 2.46. The zero-order chi connectivity index (χ0) is 23.4. The van der Waals surface area contributed by atoms with Gasteiger partial charge < -0.3 is 19.6 Å². The van der Waals surface area contributed by atoms with Crippen LogP contribution >= 0.6 is 0 Å². The first-order chi connectivity index (χ1) is 15.3. The Bertz CT molecular complexity index is 1020. The van der Waals surface area contributed by atoms with Gasteiger partial charge in [0, 0.05) is 18.7 Å². The lowest BCUT2D eigenvalue weighted by Gasteiger charge is -2.28. The number of aliphatic hydroxyl groups excluding tert-OH is 1. The molecule has 0 spiro atoms. The quantitative estimate of drug-likeness (QED) is 0.384. The van der Waals surface area contributed by atoms with Crippen molar-refractivity contribution in [3.63, 3.8) is 0 Å². The van der Waals surface area contributed by atoms with Gasteiger partial charge >= 0.3 is 0 Å². The molecular formula is C26H32N2O4. The molecule has 3 rings (SSSR count). The van der Waals surface area contributed by atoms with E-state index in [4.69, 9.17) is 4.74 Å². The number of benzene rings is 2. The van der Waals surface area contributed by atoms with Crippen LogP contribution in [0.2, 0.25) is 0 Å². The van der Waals surface area contributed by atoms with Gasteiger partial charge in [0.1, 0.15) is 11.5 Å². The molecule has 0 radical (unpaired) electrons. The molecule has 0 unspecified atom stereocenters. The number of rotatable bonds is 8. The van der Waals surface area contributed by atoms with Crippen molar-refractivity contribution in [2.75, 3.05) is 33.3 Å². The van der Waals surface area contributed by atoms with E-state index >= 15 is 0 Å². The average molecular weight is 437 g/mol. The molecule has 1 atom stereocenters. The number of aryl methyl sites for hydroxylation is 2. The van der Waals surface area contributed by atoms with E-state index in [2.05, 4.69) is 18.7 Å². The summed E-state index contributed by atoms with van der Waals surface area (Å²) in [5.41, 5.74) is 3.30. The number of hydrogen-bond donors (Lipinski definition) is 1. The molecule has 1 aliphatic rings. The molecule has 6 heteroatoms. The van der Waals surface area contributed by atoms with Crippen LogP contribution in [0.1, 0.15) is 42.1 Å². The number of aliphatic hydroxyl groups is 1. The molecule has 1 amide bonds. The molecule has 0 aromatic heterocycles. The fraction of sp³-hybridized carbons (Fsp3) is 0.385. The van der Waals surface area contributed by atoms with E-state index in [9.17, 15) is 14.7 Å². The minimum absolute atomic E-state index is 0.131. The third-order valence-electron chi connectivity index (χ3n) is 6.17. The second-order valence-corrected chi connectivity index (χ2v) is 8.11. The summed E-state index contributed by atoms with van der Waals surface area (Å²) in [5, 5.41) is 11.3. The predicted molar refractivity (Wildman–Crippen MR) is 126 cm³/mol. The van der Waals surface area contributed by atoms with E-state index in [1.54, 1.807) is 30.2 Å². The van der Waals surface area contributed by atoms with Crippen molar-refractivity contribution in [1.29, 1.82) is 0 Å². The van der Waals surface area contributed by atoms with Crippen molar-refractivity contribution in [2.45, 2.75) is 33.7 Å². The van der Waals surface area contributed by atoms with Crippen LogP contribution in [-0.4, -0.2) is 59.9 Å². The molecule has 1 heterocycles. The van der Waals surface area contributed by atoms with E-state index in [1.165, 1.54) is 0 Å². The summed E-state index contributed by atoms with van der Waals surface area (Å²) in [6.07, 6.45) is 0. The molecule has 1 aliphatic heterocycles. The zero-order valence-corrected chi connectivity index (χ0v) is 19.5. The maximum atomic E-state index is 13.2. The summed E-state index contributed by atoms with van der Waals surface area (Å²) in [5.74, 6) is -0.716. The number of Topliss-reactive ketones (excluding diaryl/α,β-unsaturated/α-hetero) is 1. The fourth-order valence-electron chi connectivity index (χ4n) is 4.17. The SMILES string of the molecule is CCN(CC)CCN1C(=O)C(=O)C(=C(O)c2ccc(OC)cc2C)[C@@H]1c1ccc(C)cc1. The number of likely N-dealkylation sites (tertiary alicyclic amines) is 1. The van der Waals surface area contributed by atoms with Crippen LogP contribution in [0.5, 0.6) is 5.75 Å². The summed E-state index contributed by atoms with van der Waals surface area (Å²) in [6.45, 7) is 10.8.